The Labute approximate surface area is 182 Å². The van der Waals surface area contributed by atoms with Gasteiger partial charge in [-0.05, 0) is 54.1 Å². The molecule has 0 bridgehead atoms. The lowest BCUT2D eigenvalue weighted by Crippen LogP contribution is -2.19. The van der Waals surface area contributed by atoms with Crippen LogP contribution in [0.25, 0.3) is 11.4 Å². The van der Waals surface area contributed by atoms with E-state index in [0.29, 0.717) is 16.7 Å². The zero-order valence-electron chi connectivity index (χ0n) is 16.6. The molecule has 0 aliphatic carbocycles. The standard InChI is InChI=1S/C23H19FN4O2S/c1-30-19-13-7-16(8-14-19)21-26-23(28-27-21)31-20(15-5-3-2-4-6-15)22(29)25-18-11-9-17(24)10-12-18/h2-14,20H,1H3,(H,25,29)(H,26,27,28). The van der Waals surface area contributed by atoms with Crippen molar-refractivity contribution in [2.24, 2.45) is 0 Å². The van der Waals surface area contributed by atoms with Crippen molar-refractivity contribution in [3.63, 3.8) is 0 Å². The third-order valence-corrected chi connectivity index (χ3v) is 5.62. The molecule has 1 aromatic heterocycles. The molecule has 0 saturated carbocycles. The number of halogens is 1. The molecule has 1 unspecified atom stereocenters. The fourth-order valence-corrected chi connectivity index (χ4v) is 3.84. The number of anilines is 1. The molecule has 0 spiro atoms. The molecule has 1 amide bonds. The molecular formula is C23H19FN4O2S. The van der Waals surface area contributed by atoms with Crippen LogP contribution in [0.5, 0.6) is 5.75 Å². The number of thioether (sulfide) groups is 1. The lowest BCUT2D eigenvalue weighted by atomic mass is 10.1. The summed E-state index contributed by atoms with van der Waals surface area (Å²) in [7, 11) is 1.61. The molecule has 1 heterocycles. The molecule has 4 rings (SSSR count). The number of hydrogen-bond acceptors (Lipinski definition) is 5. The second kappa shape index (κ2) is 9.44. The molecule has 0 aliphatic rings. The maximum atomic E-state index is 13.2. The lowest BCUT2D eigenvalue weighted by molar-refractivity contribution is -0.115. The van der Waals surface area contributed by atoms with Crippen molar-refractivity contribution in [3.05, 3.63) is 90.2 Å². The van der Waals surface area contributed by atoms with Gasteiger partial charge in [0.2, 0.25) is 11.1 Å². The van der Waals surface area contributed by atoms with E-state index in [0.717, 1.165) is 16.9 Å². The molecule has 31 heavy (non-hydrogen) atoms. The number of ether oxygens (including phenoxy) is 1. The van der Waals surface area contributed by atoms with E-state index in [-0.39, 0.29) is 11.7 Å². The summed E-state index contributed by atoms with van der Waals surface area (Å²) in [5.74, 6) is 0.729. The fourth-order valence-electron chi connectivity index (χ4n) is 2.92. The van der Waals surface area contributed by atoms with Gasteiger partial charge in [-0.1, -0.05) is 42.1 Å². The normalized spacial score (nSPS) is 11.7. The molecule has 4 aromatic rings. The minimum absolute atomic E-state index is 0.251. The SMILES string of the molecule is COc1ccc(-c2nc(SC(C(=O)Nc3ccc(F)cc3)c3ccccc3)n[nH]2)cc1. The van der Waals surface area contributed by atoms with Crippen LogP contribution < -0.4 is 10.1 Å². The van der Waals surface area contributed by atoms with Crippen LogP contribution in [0.3, 0.4) is 0 Å². The van der Waals surface area contributed by atoms with E-state index in [4.69, 9.17) is 4.74 Å². The van der Waals surface area contributed by atoms with Crippen LogP contribution in [0.4, 0.5) is 10.1 Å². The Balaban J connectivity index is 1.55. The highest BCUT2D eigenvalue weighted by atomic mass is 32.2. The van der Waals surface area contributed by atoms with Crippen molar-refractivity contribution >= 4 is 23.4 Å². The van der Waals surface area contributed by atoms with Gasteiger partial charge >= 0.3 is 0 Å². The van der Waals surface area contributed by atoms with Gasteiger partial charge in [-0.2, -0.15) is 0 Å². The van der Waals surface area contributed by atoms with Crippen LogP contribution in [0.2, 0.25) is 0 Å². The van der Waals surface area contributed by atoms with Crippen molar-refractivity contribution < 1.29 is 13.9 Å². The molecule has 1 atom stereocenters. The van der Waals surface area contributed by atoms with E-state index in [1.54, 1.807) is 7.11 Å². The van der Waals surface area contributed by atoms with E-state index in [2.05, 4.69) is 20.5 Å². The van der Waals surface area contributed by atoms with Crippen molar-refractivity contribution in [1.82, 2.24) is 15.2 Å². The van der Waals surface area contributed by atoms with Crippen LogP contribution in [0.1, 0.15) is 10.8 Å². The van der Waals surface area contributed by atoms with Crippen LogP contribution in [-0.2, 0) is 4.79 Å². The number of rotatable bonds is 7. The number of aromatic amines is 1. The quantitative estimate of drug-likeness (QED) is 0.396. The van der Waals surface area contributed by atoms with Crippen molar-refractivity contribution in [2.45, 2.75) is 10.4 Å². The average molecular weight is 434 g/mol. The van der Waals surface area contributed by atoms with E-state index in [9.17, 15) is 9.18 Å². The summed E-state index contributed by atoms with van der Waals surface area (Å²) in [6.07, 6.45) is 0. The average Bonchev–Trinajstić information content (AvgIpc) is 3.28. The highest BCUT2D eigenvalue weighted by Crippen LogP contribution is 2.35. The van der Waals surface area contributed by atoms with Crippen LogP contribution >= 0.6 is 11.8 Å². The number of carbonyl (C=O) groups excluding carboxylic acids is 1. The molecule has 0 aliphatic heterocycles. The van der Waals surface area contributed by atoms with Gasteiger partial charge in [0.1, 0.15) is 16.8 Å². The molecule has 0 saturated heterocycles. The highest BCUT2D eigenvalue weighted by molar-refractivity contribution is 8.00. The Morgan fingerprint density at radius 1 is 1.03 bits per heavy atom. The number of benzene rings is 3. The molecule has 156 valence electrons. The number of nitrogens with zero attached hydrogens (tertiary/aromatic N) is 2. The first-order valence-corrected chi connectivity index (χ1v) is 10.4. The van der Waals surface area contributed by atoms with Crippen LogP contribution in [0, 0.1) is 5.82 Å². The van der Waals surface area contributed by atoms with E-state index in [1.807, 2.05) is 54.6 Å². The predicted octanol–water partition coefficient (Wildman–Crippen LogP) is 5.09. The van der Waals surface area contributed by atoms with Gasteiger partial charge < -0.3 is 10.1 Å². The van der Waals surface area contributed by atoms with E-state index >= 15 is 0 Å². The summed E-state index contributed by atoms with van der Waals surface area (Å²) >= 11 is 1.23. The summed E-state index contributed by atoms with van der Waals surface area (Å²) in [4.78, 5) is 17.6. The van der Waals surface area contributed by atoms with E-state index in [1.165, 1.54) is 36.0 Å². The smallest absolute Gasteiger partial charge is 0.242 e. The first-order chi connectivity index (χ1) is 15.1. The fraction of sp³-hybridized carbons (Fsp3) is 0.0870. The third kappa shape index (κ3) is 5.10. The number of carbonyl (C=O) groups is 1. The van der Waals surface area contributed by atoms with Gasteiger partial charge in [-0.15, -0.1) is 5.10 Å². The summed E-state index contributed by atoms with van der Waals surface area (Å²) in [5, 5.41) is 9.86. The van der Waals surface area contributed by atoms with Crippen molar-refractivity contribution in [3.8, 4) is 17.1 Å². The van der Waals surface area contributed by atoms with Gasteiger partial charge in [0.25, 0.3) is 0 Å². The number of H-pyrrole nitrogens is 1. The number of nitrogens with one attached hydrogen (secondary N) is 2. The molecular weight excluding hydrogens is 415 g/mol. The molecule has 6 nitrogen and oxygen atoms in total. The number of hydrogen-bond donors (Lipinski definition) is 2. The van der Waals surface area contributed by atoms with Gasteiger partial charge in [0.15, 0.2) is 5.82 Å². The Morgan fingerprint density at radius 2 is 1.74 bits per heavy atom. The second-order valence-corrected chi connectivity index (χ2v) is 7.67. The number of aromatic nitrogens is 3. The molecule has 8 heteroatoms. The molecule has 3 aromatic carbocycles. The lowest BCUT2D eigenvalue weighted by Gasteiger charge is -2.15. The summed E-state index contributed by atoms with van der Waals surface area (Å²) in [5.41, 5.74) is 2.18. The predicted molar refractivity (Wildman–Crippen MR) is 118 cm³/mol. The molecule has 2 N–H and O–H groups in total. The highest BCUT2D eigenvalue weighted by Gasteiger charge is 2.24. The Hall–Kier alpha value is -3.65. The zero-order chi connectivity index (χ0) is 21.6. The summed E-state index contributed by atoms with van der Waals surface area (Å²) < 4.78 is 18.4. The minimum Gasteiger partial charge on any atom is -0.497 e. The Kier molecular flexibility index (Phi) is 6.28. The maximum absolute atomic E-state index is 13.2. The Bertz CT molecular complexity index is 1150. The first-order valence-electron chi connectivity index (χ1n) is 9.47. The Morgan fingerprint density at radius 3 is 2.42 bits per heavy atom. The van der Waals surface area contributed by atoms with Gasteiger partial charge in [0.05, 0.1) is 7.11 Å². The minimum atomic E-state index is -0.592. The third-order valence-electron chi connectivity index (χ3n) is 4.50. The van der Waals surface area contributed by atoms with Crippen molar-refractivity contribution in [2.75, 3.05) is 12.4 Å². The summed E-state index contributed by atoms with van der Waals surface area (Å²) in [6, 6.07) is 22.5. The second-order valence-electron chi connectivity index (χ2n) is 6.60. The summed E-state index contributed by atoms with van der Waals surface area (Å²) in [6.45, 7) is 0. The largest absolute Gasteiger partial charge is 0.497 e. The van der Waals surface area contributed by atoms with Gasteiger partial charge in [0, 0.05) is 11.3 Å². The molecule has 0 fully saturated rings. The monoisotopic (exact) mass is 434 g/mol. The van der Waals surface area contributed by atoms with E-state index < -0.39 is 5.25 Å². The maximum Gasteiger partial charge on any atom is 0.242 e. The zero-order valence-corrected chi connectivity index (χ0v) is 17.4. The molecule has 0 radical (unpaired) electrons. The van der Waals surface area contributed by atoms with Crippen LogP contribution in [0.15, 0.2) is 84.0 Å². The first kappa shape index (κ1) is 20.6. The topological polar surface area (TPSA) is 79.9 Å². The number of amides is 1. The van der Waals surface area contributed by atoms with Crippen LogP contribution in [-0.4, -0.2) is 28.2 Å². The van der Waals surface area contributed by atoms with Gasteiger partial charge in [-0.3, -0.25) is 9.89 Å². The van der Waals surface area contributed by atoms with Crippen molar-refractivity contribution in [1.29, 1.82) is 0 Å². The van der Waals surface area contributed by atoms with Gasteiger partial charge in [-0.25, -0.2) is 9.37 Å². The number of methoxy groups -OCH3 is 1.